The highest BCUT2D eigenvalue weighted by atomic mass is 35.5. The molecule has 4 rings (SSSR count). The summed E-state index contributed by atoms with van der Waals surface area (Å²) in [6, 6.07) is 14.5. The number of halogens is 3. The predicted molar refractivity (Wildman–Crippen MR) is 139 cm³/mol. The summed E-state index contributed by atoms with van der Waals surface area (Å²) in [5, 5.41) is 11.7. The number of hydrogen-bond acceptors (Lipinski definition) is 4. The number of nitrogens with zero attached hydrogens (tertiary/aromatic N) is 1. The molecule has 3 aromatic carbocycles. The van der Waals surface area contributed by atoms with Gasteiger partial charge in [-0.3, -0.25) is 14.5 Å². The molecule has 1 atom stereocenters. The van der Waals surface area contributed by atoms with E-state index >= 15 is 0 Å². The summed E-state index contributed by atoms with van der Waals surface area (Å²) in [7, 11) is 0. The Hall–Kier alpha value is -3.35. The molecule has 1 aliphatic heterocycles. The summed E-state index contributed by atoms with van der Waals surface area (Å²) < 4.78 is 19.6. The standard InChI is InChI=1S/C28H24Cl2FNO4/c1-4-36-23-12-7-17(13-20(23)15(2)3)26(33)24-25(16-5-8-18(29)9-6-16)32(28(35)27(24)34)19-10-11-22(31)21(30)14-19/h5-15,25,33H,4H2,1-3H3/b26-24-. The number of ketones is 1. The molecule has 1 N–H and O–H groups in total. The van der Waals surface area contributed by atoms with Crippen molar-refractivity contribution >= 4 is 46.3 Å². The smallest absolute Gasteiger partial charge is 0.300 e. The van der Waals surface area contributed by atoms with Gasteiger partial charge in [0, 0.05) is 16.3 Å². The second-order valence-corrected chi connectivity index (χ2v) is 9.50. The Balaban J connectivity index is 1.94. The third-order valence-corrected chi connectivity index (χ3v) is 6.56. The summed E-state index contributed by atoms with van der Waals surface area (Å²) in [5.41, 5.74) is 1.88. The maximum atomic E-state index is 13.9. The molecule has 1 unspecified atom stereocenters. The fourth-order valence-electron chi connectivity index (χ4n) is 4.28. The molecular weight excluding hydrogens is 504 g/mol. The fraction of sp³-hybridized carbons (Fsp3) is 0.214. The molecule has 0 saturated carbocycles. The van der Waals surface area contributed by atoms with Crippen LogP contribution in [0.4, 0.5) is 10.1 Å². The number of Topliss-reactive ketones (excluding diaryl/α,β-unsaturated/α-hetero) is 1. The van der Waals surface area contributed by atoms with E-state index < -0.39 is 23.5 Å². The van der Waals surface area contributed by atoms with Crippen LogP contribution >= 0.6 is 23.2 Å². The summed E-state index contributed by atoms with van der Waals surface area (Å²) in [4.78, 5) is 27.8. The molecule has 0 spiro atoms. The quantitative estimate of drug-likeness (QED) is 0.207. The molecule has 1 fully saturated rings. The first-order valence-electron chi connectivity index (χ1n) is 11.4. The molecule has 8 heteroatoms. The SMILES string of the molecule is CCOc1ccc(/C(O)=C2/C(=O)C(=O)N(c3ccc(F)c(Cl)c3)C2c2ccc(Cl)cc2)cc1C(C)C. The predicted octanol–water partition coefficient (Wildman–Crippen LogP) is 7.28. The van der Waals surface area contributed by atoms with Crippen LogP contribution in [-0.2, 0) is 9.59 Å². The number of benzene rings is 3. The van der Waals surface area contributed by atoms with Gasteiger partial charge in [0.25, 0.3) is 11.7 Å². The van der Waals surface area contributed by atoms with Gasteiger partial charge in [-0.1, -0.05) is 49.2 Å². The van der Waals surface area contributed by atoms with Crippen molar-refractivity contribution < 1.29 is 23.8 Å². The Kier molecular flexibility index (Phi) is 7.38. The number of carbonyl (C=O) groups is 2. The van der Waals surface area contributed by atoms with Crippen LogP contribution in [0.1, 0.15) is 49.4 Å². The summed E-state index contributed by atoms with van der Waals surface area (Å²) in [6.45, 7) is 6.35. The van der Waals surface area contributed by atoms with E-state index in [1.165, 1.54) is 17.0 Å². The number of carbonyl (C=O) groups excluding carboxylic acids is 2. The van der Waals surface area contributed by atoms with Crippen LogP contribution in [0.5, 0.6) is 5.75 Å². The van der Waals surface area contributed by atoms with E-state index in [4.69, 9.17) is 27.9 Å². The van der Waals surface area contributed by atoms with Crippen molar-refractivity contribution in [2.24, 2.45) is 0 Å². The molecule has 0 aliphatic carbocycles. The van der Waals surface area contributed by atoms with Crippen LogP contribution in [0, 0.1) is 5.82 Å². The third-order valence-electron chi connectivity index (χ3n) is 6.02. The maximum Gasteiger partial charge on any atom is 0.300 e. The Morgan fingerprint density at radius 3 is 2.36 bits per heavy atom. The fourth-order valence-corrected chi connectivity index (χ4v) is 4.58. The van der Waals surface area contributed by atoms with Crippen molar-refractivity contribution in [1.82, 2.24) is 0 Å². The van der Waals surface area contributed by atoms with Crippen LogP contribution in [0.2, 0.25) is 10.0 Å². The zero-order valence-corrected chi connectivity index (χ0v) is 21.4. The molecule has 186 valence electrons. The van der Waals surface area contributed by atoms with Crippen molar-refractivity contribution in [3.63, 3.8) is 0 Å². The Bertz CT molecular complexity index is 1370. The molecule has 1 heterocycles. The Morgan fingerprint density at radius 1 is 1.06 bits per heavy atom. The van der Waals surface area contributed by atoms with Gasteiger partial charge >= 0.3 is 0 Å². The number of amides is 1. The zero-order chi connectivity index (χ0) is 26.1. The lowest BCUT2D eigenvalue weighted by atomic mass is 9.93. The molecule has 3 aromatic rings. The maximum absolute atomic E-state index is 13.9. The van der Waals surface area contributed by atoms with Gasteiger partial charge in [-0.05, 0) is 72.5 Å². The minimum atomic E-state index is -0.988. The first-order chi connectivity index (χ1) is 17.1. The van der Waals surface area contributed by atoms with E-state index in [1.807, 2.05) is 20.8 Å². The molecule has 1 aliphatic rings. The van der Waals surface area contributed by atoms with E-state index in [2.05, 4.69) is 0 Å². The van der Waals surface area contributed by atoms with E-state index in [9.17, 15) is 19.1 Å². The van der Waals surface area contributed by atoms with Gasteiger partial charge in [0.1, 0.15) is 17.3 Å². The van der Waals surface area contributed by atoms with Crippen LogP contribution in [0.3, 0.4) is 0 Å². The van der Waals surface area contributed by atoms with Crippen molar-refractivity contribution in [3.05, 3.63) is 98.8 Å². The number of aliphatic hydroxyl groups is 1. The summed E-state index contributed by atoms with van der Waals surface area (Å²) >= 11 is 12.1. The first kappa shape index (κ1) is 25.7. The lowest BCUT2D eigenvalue weighted by Crippen LogP contribution is -2.29. The van der Waals surface area contributed by atoms with Gasteiger partial charge in [-0.15, -0.1) is 0 Å². The van der Waals surface area contributed by atoms with Crippen LogP contribution < -0.4 is 9.64 Å². The average Bonchev–Trinajstić information content (AvgIpc) is 3.11. The van der Waals surface area contributed by atoms with Gasteiger partial charge in [-0.2, -0.15) is 0 Å². The van der Waals surface area contributed by atoms with Crippen LogP contribution in [-0.4, -0.2) is 23.4 Å². The lowest BCUT2D eigenvalue weighted by molar-refractivity contribution is -0.132. The normalized spacial score (nSPS) is 17.2. The van der Waals surface area contributed by atoms with Gasteiger partial charge in [-0.25, -0.2) is 4.39 Å². The van der Waals surface area contributed by atoms with Crippen LogP contribution in [0.15, 0.2) is 66.2 Å². The lowest BCUT2D eigenvalue weighted by Gasteiger charge is -2.26. The summed E-state index contributed by atoms with van der Waals surface area (Å²) in [5.74, 6) is -1.96. The Morgan fingerprint density at radius 2 is 1.75 bits per heavy atom. The largest absolute Gasteiger partial charge is 0.507 e. The van der Waals surface area contributed by atoms with E-state index in [1.54, 1.807) is 42.5 Å². The average molecular weight is 528 g/mol. The topological polar surface area (TPSA) is 66.8 Å². The van der Waals surface area contributed by atoms with E-state index in [-0.39, 0.29) is 28.0 Å². The molecule has 0 aromatic heterocycles. The van der Waals surface area contributed by atoms with E-state index in [0.29, 0.717) is 28.5 Å². The highest BCUT2D eigenvalue weighted by Crippen LogP contribution is 2.43. The number of hydrogen-bond donors (Lipinski definition) is 1. The summed E-state index contributed by atoms with van der Waals surface area (Å²) in [6.07, 6.45) is 0. The number of anilines is 1. The molecular formula is C28H24Cl2FNO4. The zero-order valence-electron chi connectivity index (χ0n) is 19.9. The van der Waals surface area contributed by atoms with Crippen molar-refractivity contribution in [2.45, 2.75) is 32.7 Å². The second-order valence-electron chi connectivity index (χ2n) is 8.66. The van der Waals surface area contributed by atoms with Gasteiger partial charge in [0.2, 0.25) is 0 Å². The minimum Gasteiger partial charge on any atom is -0.507 e. The van der Waals surface area contributed by atoms with Gasteiger partial charge in [0.15, 0.2) is 0 Å². The molecule has 36 heavy (non-hydrogen) atoms. The molecule has 0 radical (unpaired) electrons. The molecule has 1 amide bonds. The molecule has 5 nitrogen and oxygen atoms in total. The van der Waals surface area contributed by atoms with Gasteiger partial charge < -0.3 is 9.84 Å². The monoisotopic (exact) mass is 527 g/mol. The van der Waals surface area contributed by atoms with Crippen molar-refractivity contribution in [3.8, 4) is 5.75 Å². The third kappa shape index (κ3) is 4.71. The Labute approximate surface area is 218 Å². The second kappa shape index (κ2) is 10.3. The van der Waals surface area contributed by atoms with E-state index in [0.717, 1.165) is 11.6 Å². The highest BCUT2D eigenvalue weighted by Gasteiger charge is 2.47. The number of rotatable bonds is 6. The first-order valence-corrected chi connectivity index (χ1v) is 12.2. The molecule has 0 bridgehead atoms. The minimum absolute atomic E-state index is 0.0788. The highest BCUT2D eigenvalue weighted by molar-refractivity contribution is 6.51. The number of aliphatic hydroxyl groups excluding tert-OH is 1. The van der Waals surface area contributed by atoms with Gasteiger partial charge in [0.05, 0.1) is 23.2 Å². The van der Waals surface area contributed by atoms with Crippen molar-refractivity contribution in [1.29, 1.82) is 0 Å². The molecule has 1 saturated heterocycles. The number of ether oxygens (including phenoxy) is 1. The van der Waals surface area contributed by atoms with Crippen LogP contribution in [0.25, 0.3) is 5.76 Å². The van der Waals surface area contributed by atoms with Crippen molar-refractivity contribution in [2.75, 3.05) is 11.5 Å².